The van der Waals surface area contributed by atoms with Gasteiger partial charge in [0.15, 0.2) is 5.22 Å². The highest BCUT2D eigenvalue weighted by atomic mass is 35.5. The highest BCUT2D eigenvalue weighted by molar-refractivity contribution is 7.89. The molecule has 0 radical (unpaired) electrons. The van der Waals surface area contributed by atoms with Gasteiger partial charge in [-0.2, -0.15) is 0 Å². The number of furan rings is 1. The Kier molecular flexibility index (Phi) is 4.89. The van der Waals surface area contributed by atoms with Gasteiger partial charge in [0.1, 0.15) is 0 Å². The number of rotatable bonds is 5. The van der Waals surface area contributed by atoms with E-state index in [0.29, 0.717) is 12.5 Å². The molecule has 1 aromatic rings. The van der Waals surface area contributed by atoms with Gasteiger partial charge in [-0.15, -0.1) is 0 Å². The monoisotopic (exact) mass is 306 g/mol. The Morgan fingerprint density at radius 1 is 1.37 bits per heavy atom. The quantitative estimate of drug-likeness (QED) is 0.872. The lowest BCUT2D eigenvalue weighted by Crippen LogP contribution is -2.45. The molecule has 0 saturated heterocycles. The van der Waals surface area contributed by atoms with Crippen molar-refractivity contribution in [2.45, 2.75) is 43.2 Å². The molecule has 0 spiro atoms. The third-order valence-electron chi connectivity index (χ3n) is 3.59. The van der Waals surface area contributed by atoms with Gasteiger partial charge in [-0.25, -0.2) is 13.1 Å². The molecule has 0 aromatic carbocycles. The molecule has 0 bridgehead atoms. The average Bonchev–Trinajstić information content (AvgIpc) is 2.85. The number of nitrogens with two attached hydrogens (primary N) is 1. The summed E-state index contributed by atoms with van der Waals surface area (Å²) >= 11 is 5.60. The van der Waals surface area contributed by atoms with Crippen LogP contribution in [0.25, 0.3) is 0 Å². The zero-order chi connectivity index (χ0) is 13.9. The van der Waals surface area contributed by atoms with Crippen molar-refractivity contribution in [1.29, 1.82) is 0 Å². The van der Waals surface area contributed by atoms with Crippen molar-refractivity contribution in [3.05, 3.63) is 17.4 Å². The van der Waals surface area contributed by atoms with Gasteiger partial charge >= 0.3 is 0 Å². The molecule has 1 unspecified atom stereocenters. The molecule has 1 saturated carbocycles. The van der Waals surface area contributed by atoms with E-state index in [1.807, 2.05) is 0 Å². The predicted octanol–water partition coefficient (Wildman–Crippen LogP) is 2.12. The predicted molar refractivity (Wildman–Crippen MR) is 73.5 cm³/mol. The summed E-state index contributed by atoms with van der Waals surface area (Å²) in [6.45, 7) is 0.290. The van der Waals surface area contributed by atoms with Crippen LogP contribution in [-0.4, -0.2) is 21.0 Å². The molecule has 1 heterocycles. The topological polar surface area (TPSA) is 85.3 Å². The molecular formula is C12H19ClN2O3S. The molecule has 1 atom stereocenters. The molecule has 1 fully saturated rings. The molecule has 108 valence electrons. The van der Waals surface area contributed by atoms with Crippen LogP contribution in [0.4, 0.5) is 0 Å². The number of hydrogen-bond acceptors (Lipinski definition) is 4. The highest BCUT2D eigenvalue weighted by Crippen LogP contribution is 2.27. The Bertz CT molecular complexity index is 509. The highest BCUT2D eigenvalue weighted by Gasteiger charge is 2.28. The van der Waals surface area contributed by atoms with Crippen LogP contribution in [0.3, 0.4) is 0 Å². The summed E-state index contributed by atoms with van der Waals surface area (Å²) < 4.78 is 31.9. The van der Waals surface area contributed by atoms with Gasteiger partial charge in [0.25, 0.3) is 10.0 Å². The fourth-order valence-electron chi connectivity index (χ4n) is 2.57. The Morgan fingerprint density at radius 2 is 2.05 bits per heavy atom. The minimum Gasteiger partial charge on any atom is -0.432 e. The minimum atomic E-state index is -3.68. The molecule has 1 aliphatic carbocycles. The van der Waals surface area contributed by atoms with Gasteiger partial charge in [-0.05, 0) is 42.5 Å². The van der Waals surface area contributed by atoms with Crippen molar-refractivity contribution in [1.82, 2.24) is 4.72 Å². The van der Waals surface area contributed by atoms with Crippen molar-refractivity contribution >= 4 is 21.6 Å². The van der Waals surface area contributed by atoms with E-state index in [1.54, 1.807) is 0 Å². The normalized spacial score (nSPS) is 19.5. The van der Waals surface area contributed by atoms with E-state index in [4.69, 9.17) is 21.8 Å². The minimum absolute atomic E-state index is 0.0577. The van der Waals surface area contributed by atoms with Gasteiger partial charge < -0.3 is 10.2 Å². The molecule has 5 nitrogen and oxygen atoms in total. The second kappa shape index (κ2) is 6.26. The van der Waals surface area contributed by atoms with Crippen LogP contribution in [0.1, 0.15) is 32.1 Å². The van der Waals surface area contributed by atoms with Crippen LogP contribution < -0.4 is 10.5 Å². The molecular weight excluding hydrogens is 288 g/mol. The maximum Gasteiger partial charge on any atom is 0.274 e. The Hall–Kier alpha value is -0.560. The van der Waals surface area contributed by atoms with Crippen molar-refractivity contribution in [3.63, 3.8) is 0 Å². The summed E-state index contributed by atoms with van der Waals surface area (Å²) in [5, 5.41) is -0.103. The summed E-state index contributed by atoms with van der Waals surface area (Å²) in [4.78, 5) is 0. The second-order valence-electron chi connectivity index (χ2n) is 4.92. The first kappa shape index (κ1) is 14.8. The van der Waals surface area contributed by atoms with E-state index < -0.39 is 10.0 Å². The van der Waals surface area contributed by atoms with E-state index in [0.717, 1.165) is 25.7 Å². The first-order valence-electron chi connectivity index (χ1n) is 6.50. The van der Waals surface area contributed by atoms with Gasteiger partial charge in [0.2, 0.25) is 5.09 Å². The van der Waals surface area contributed by atoms with E-state index in [-0.39, 0.29) is 16.4 Å². The summed E-state index contributed by atoms with van der Waals surface area (Å²) in [5.41, 5.74) is 5.71. The molecule has 1 aliphatic rings. The van der Waals surface area contributed by atoms with Crippen LogP contribution in [0.15, 0.2) is 21.6 Å². The van der Waals surface area contributed by atoms with Crippen molar-refractivity contribution in [2.75, 3.05) is 6.54 Å². The molecule has 0 aliphatic heterocycles. The van der Waals surface area contributed by atoms with Crippen LogP contribution in [0.2, 0.25) is 5.22 Å². The second-order valence-corrected chi connectivity index (χ2v) is 6.94. The lowest BCUT2D eigenvalue weighted by atomic mass is 9.84. The van der Waals surface area contributed by atoms with Gasteiger partial charge in [-0.1, -0.05) is 19.3 Å². The van der Waals surface area contributed by atoms with Crippen LogP contribution in [0, 0.1) is 5.92 Å². The fraction of sp³-hybridized carbons (Fsp3) is 0.667. The number of halogens is 1. The number of sulfonamides is 1. The Morgan fingerprint density at radius 3 is 2.58 bits per heavy atom. The van der Waals surface area contributed by atoms with Crippen molar-refractivity contribution < 1.29 is 12.8 Å². The third-order valence-corrected chi connectivity index (χ3v) is 5.16. The lowest BCUT2D eigenvalue weighted by molar-refractivity contribution is 0.292. The van der Waals surface area contributed by atoms with Gasteiger partial charge in [0, 0.05) is 12.6 Å². The van der Waals surface area contributed by atoms with Crippen LogP contribution in [0.5, 0.6) is 0 Å². The molecule has 1 aromatic heterocycles. The van der Waals surface area contributed by atoms with Gasteiger partial charge in [-0.3, -0.25) is 0 Å². The number of nitrogens with one attached hydrogen (secondary N) is 1. The molecule has 19 heavy (non-hydrogen) atoms. The summed E-state index contributed by atoms with van der Waals surface area (Å²) in [6.07, 6.45) is 5.52. The average molecular weight is 307 g/mol. The summed E-state index contributed by atoms with van der Waals surface area (Å²) in [6, 6.07) is 2.52. The zero-order valence-electron chi connectivity index (χ0n) is 10.6. The molecule has 0 amide bonds. The Balaban J connectivity index is 2.08. The Labute approximate surface area is 118 Å². The van der Waals surface area contributed by atoms with Crippen molar-refractivity contribution in [3.8, 4) is 0 Å². The first-order chi connectivity index (χ1) is 9.03. The van der Waals surface area contributed by atoms with E-state index in [1.165, 1.54) is 18.6 Å². The van der Waals surface area contributed by atoms with E-state index in [2.05, 4.69) is 4.72 Å². The molecule has 3 N–H and O–H groups in total. The SMILES string of the molecule is NCC(NS(=O)(=O)c1ccc(Cl)o1)C1CCCCC1. The lowest BCUT2D eigenvalue weighted by Gasteiger charge is -2.29. The fourth-order valence-corrected chi connectivity index (χ4v) is 4.01. The van der Waals surface area contributed by atoms with E-state index >= 15 is 0 Å². The zero-order valence-corrected chi connectivity index (χ0v) is 12.2. The van der Waals surface area contributed by atoms with Gasteiger partial charge in [0.05, 0.1) is 0 Å². The van der Waals surface area contributed by atoms with Crippen LogP contribution >= 0.6 is 11.6 Å². The molecule has 7 heteroatoms. The third kappa shape index (κ3) is 3.72. The smallest absolute Gasteiger partial charge is 0.274 e. The molecule has 2 rings (SSSR count). The van der Waals surface area contributed by atoms with Crippen LogP contribution in [-0.2, 0) is 10.0 Å². The van der Waals surface area contributed by atoms with E-state index in [9.17, 15) is 8.42 Å². The van der Waals surface area contributed by atoms with Crippen molar-refractivity contribution in [2.24, 2.45) is 11.7 Å². The number of hydrogen-bond donors (Lipinski definition) is 2. The standard InChI is InChI=1S/C12H19ClN2O3S/c13-11-6-7-12(18-11)19(16,17)15-10(8-14)9-4-2-1-3-5-9/h6-7,9-10,15H,1-5,8,14H2. The first-order valence-corrected chi connectivity index (χ1v) is 8.37. The largest absolute Gasteiger partial charge is 0.432 e. The maximum absolute atomic E-state index is 12.1. The summed E-state index contributed by atoms with van der Waals surface area (Å²) in [7, 11) is -3.68. The summed E-state index contributed by atoms with van der Waals surface area (Å²) in [5.74, 6) is 0.305. The maximum atomic E-state index is 12.1.